The molecule has 7 heteroatoms. The molecule has 4 aromatic rings. The van der Waals surface area contributed by atoms with E-state index in [2.05, 4.69) is 40.7 Å². The third-order valence-electron chi connectivity index (χ3n) is 6.34. The zero-order chi connectivity index (χ0) is 22.2. The predicted molar refractivity (Wildman–Crippen MR) is 124 cm³/mol. The molecule has 1 aromatic carbocycles. The summed E-state index contributed by atoms with van der Waals surface area (Å²) in [6, 6.07) is 18.0. The molecule has 164 valence electrons. The Hall–Kier alpha value is -3.58. The summed E-state index contributed by atoms with van der Waals surface area (Å²) in [5, 5.41) is 0. The SMILES string of the molecule is COc1ccc(-c2cccc3nc([C@@H]4CN(C(=O)c5cccn5C)CCN4C)cn23)cc1. The number of ether oxygens (including phenoxy) is 1. The van der Waals surface area contributed by atoms with Gasteiger partial charge in [0, 0.05) is 39.1 Å². The number of nitrogens with zero attached hydrogens (tertiary/aromatic N) is 5. The molecule has 1 atom stereocenters. The third-order valence-corrected chi connectivity index (χ3v) is 6.34. The van der Waals surface area contributed by atoms with Gasteiger partial charge in [0.15, 0.2) is 0 Å². The summed E-state index contributed by atoms with van der Waals surface area (Å²) in [7, 11) is 5.68. The van der Waals surface area contributed by atoms with Crippen molar-refractivity contribution in [2.24, 2.45) is 7.05 Å². The van der Waals surface area contributed by atoms with Crippen molar-refractivity contribution in [2.75, 3.05) is 33.8 Å². The van der Waals surface area contributed by atoms with Crippen molar-refractivity contribution in [1.82, 2.24) is 23.8 Å². The highest BCUT2D eigenvalue weighted by atomic mass is 16.5. The summed E-state index contributed by atoms with van der Waals surface area (Å²) in [5.74, 6) is 0.900. The van der Waals surface area contributed by atoms with Crippen LogP contribution in [0.1, 0.15) is 22.2 Å². The van der Waals surface area contributed by atoms with E-state index in [4.69, 9.17) is 9.72 Å². The van der Waals surface area contributed by atoms with Gasteiger partial charge in [-0.15, -0.1) is 0 Å². The number of pyridine rings is 1. The van der Waals surface area contributed by atoms with Crippen LogP contribution in [0.15, 0.2) is 67.0 Å². The molecular weight excluding hydrogens is 402 g/mol. The fourth-order valence-corrected chi connectivity index (χ4v) is 4.41. The van der Waals surface area contributed by atoms with Crippen LogP contribution in [0.25, 0.3) is 16.9 Å². The standard InChI is InChI=1S/C25H27N5O2/c1-27-13-5-7-22(27)25(31)29-15-14-28(2)23(17-29)20-16-30-21(6-4-8-24(30)26-20)18-9-11-19(32-3)12-10-18/h4-13,16,23H,14-15,17H2,1-3H3/t23-/m0/s1. The molecule has 1 aliphatic heterocycles. The summed E-state index contributed by atoms with van der Waals surface area (Å²) in [6.07, 6.45) is 4.01. The Morgan fingerprint density at radius 2 is 1.84 bits per heavy atom. The maximum absolute atomic E-state index is 13.1. The number of amides is 1. The monoisotopic (exact) mass is 429 g/mol. The van der Waals surface area contributed by atoms with Crippen molar-refractivity contribution in [3.8, 4) is 17.0 Å². The first kappa shape index (κ1) is 20.3. The number of aryl methyl sites for hydroxylation is 1. The smallest absolute Gasteiger partial charge is 0.270 e. The fourth-order valence-electron chi connectivity index (χ4n) is 4.41. The number of piperazine rings is 1. The number of rotatable bonds is 4. The van der Waals surface area contributed by atoms with Crippen LogP contribution in [0.4, 0.5) is 0 Å². The second kappa shape index (κ2) is 8.16. The first-order valence-electron chi connectivity index (χ1n) is 10.8. The highest BCUT2D eigenvalue weighted by molar-refractivity contribution is 5.92. The van der Waals surface area contributed by atoms with Crippen LogP contribution in [-0.4, -0.2) is 63.5 Å². The minimum absolute atomic E-state index is 0.0385. The van der Waals surface area contributed by atoms with Crippen molar-refractivity contribution in [3.05, 3.63) is 78.4 Å². The molecule has 0 saturated carbocycles. The predicted octanol–water partition coefficient (Wildman–Crippen LogP) is 3.48. The van der Waals surface area contributed by atoms with Gasteiger partial charge in [0.05, 0.1) is 24.5 Å². The maximum Gasteiger partial charge on any atom is 0.270 e. The summed E-state index contributed by atoms with van der Waals surface area (Å²) in [6.45, 7) is 2.13. The lowest BCUT2D eigenvalue weighted by molar-refractivity contribution is 0.0532. The molecule has 0 spiro atoms. The van der Waals surface area contributed by atoms with Gasteiger partial charge < -0.3 is 14.2 Å². The Morgan fingerprint density at radius 1 is 1.03 bits per heavy atom. The van der Waals surface area contributed by atoms with Gasteiger partial charge in [0.25, 0.3) is 5.91 Å². The van der Waals surface area contributed by atoms with Crippen molar-refractivity contribution in [1.29, 1.82) is 0 Å². The first-order chi connectivity index (χ1) is 15.5. The van der Waals surface area contributed by atoms with Crippen LogP contribution in [0, 0.1) is 0 Å². The summed E-state index contributed by atoms with van der Waals surface area (Å²) in [4.78, 5) is 22.2. The number of carbonyl (C=O) groups is 1. The first-order valence-corrected chi connectivity index (χ1v) is 10.8. The van der Waals surface area contributed by atoms with E-state index in [1.807, 2.05) is 59.1 Å². The lowest BCUT2D eigenvalue weighted by Crippen LogP contribution is -2.49. The molecular formula is C25H27N5O2. The van der Waals surface area contributed by atoms with Crippen LogP contribution >= 0.6 is 0 Å². The van der Waals surface area contributed by atoms with E-state index in [9.17, 15) is 4.79 Å². The third kappa shape index (κ3) is 3.54. The van der Waals surface area contributed by atoms with Gasteiger partial charge in [-0.2, -0.15) is 0 Å². The number of fused-ring (bicyclic) bond motifs is 1. The molecule has 0 N–H and O–H groups in total. The van der Waals surface area contributed by atoms with Crippen LogP contribution in [0.5, 0.6) is 5.75 Å². The highest BCUT2D eigenvalue weighted by Crippen LogP contribution is 2.28. The second-order valence-corrected chi connectivity index (χ2v) is 8.29. The van der Waals surface area contributed by atoms with Crippen molar-refractivity contribution in [3.63, 3.8) is 0 Å². The molecule has 0 unspecified atom stereocenters. The van der Waals surface area contributed by atoms with E-state index in [1.165, 1.54) is 0 Å². The maximum atomic E-state index is 13.1. The van der Waals surface area contributed by atoms with Gasteiger partial charge in [-0.1, -0.05) is 6.07 Å². The second-order valence-electron chi connectivity index (χ2n) is 8.29. The topological polar surface area (TPSA) is 55.0 Å². The fraction of sp³-hybridized carbons (Fsp3) is 0.280. The van der Waals surface area contributed by atoms with Gasteiger partial charge in [-0.05, 0) is 61.1 Å². The Labute approximate surface area is 187 Å². The zero-order valence-corrected chi connectivity index (χ0v) is 18.6. The molecule has 1 saturated heterocycles. The molecule has 0 radical (unpaired) electrons. The normalized spacial score (nSPS) is 17.1. The lowest BCUT2D eigenvalue weighted by atomic mass is 10.1. The lowest BCUT2D eigenvalue weighted by Gasteiger charge is -2.38. The van der Waals surface area contributed by atoms with E-state index in [-0.39, 0.29) is 11.9 Å². The average Bonchev–Trinajstić information content (AvgIpc) is 3.45. The Balaban J connectivity index is 1.47. The molecule has 4 heterocycles. The largest absolute Gasteiger partial charge is 0.497 e. The van der Waals surface area contributed by atoms with Gasteiger partial charge >= 0.3 is 0 Å². The molecule has 32 heavy (non-hydrogen) atoms. The minimum atomic E-state index is 0.0385. The number of methoxy groups -OCH3 is 1. The highest BCUT2D eigenvalue weighted by Gasteiger charge is 2.31. The molecule has 5 rings (SSSR count). The number of imidazole rings is 1. The van der Waals surface area contributed by atoms with Crippen molar-refractivity contribution >= 4 is 11.6 Å². The van der Waals surface area contributed by atoms with Crippen molar-refractivity contribution in [2.45, 2.75) is 6.04 Å². The van der Waals surface area contributed by atoms with E-state index in [0.29, 0.717) is 18.8 Å². The van der Waals surface area contributed by atoms with Gasteiger partial charge in [0.1, 0.15) is 17.1 Å². The molecule has 0 aliphatic carbocycles. The van der Waals surface area contributed by atoms with E-state index >= 15 is 0 Å². The van der Waals surface area contributed by atoms with Gasteiger partial charge in [-0.25, -0.2) is 4.98 Å². The van der Waals surface area contributed by atoms with E-state index in [1.54, 1.807) is 7.11 Å². The van der Waals surface area contributed by atoms with Crippen LogP contribution in [0.3, 0.4) is 0 Å². The van der Waals surface area contributed by atoms with E-state index < -0.39 is 0 Å². The number of likely N-dealkylation sites (N-methyl/N-ethyl adjacent to an activating group) is 1. The van der Waals surface area contributed by atoms with Crippen LogP contribution in [0.2, 0.25) is 0 Å². The zero-order valence-electron chi connectivity index (χ0n) is 18.6. The Kier molecular flexibility index (Phi) is 5.19. The molecule has 7 nitrogen and oxygen atoms in total. The minimum Gasteiger partial charge on any atom is -0.497 e. The summed E-state index contributed by atoms with van der Waals surface area (Å²) in [5.41, 5.74) is 4.74. The molecule has 1 amide bonds. The Bertz CT molecular complexity index is 1260. The van der Waals surface area contributed by atoms with Gasteiger partial charge in [-0.3, -0.25) is 14.1 Å². The number of hydrogen-bond donors (Lipinski definition) is 0. The molecule has 3 aromatic heterocycles. The number of carbonyl (C=O) groups excluding carboxylic acids is 1. The van der Waals surface area contributed by atoms with Crippen molar-refractivity contribution < 1.29 is 9.53 Å². The summed E-state index contributed by atoms with van der Waals surface area (Å²) >= 11 is 0. The molecule has 0 bridgehead atoms. The molecule has 1 aliphatic rings. The van der Waals surface area contributed by atoms with Crippen LogP contribution < -0.4 is 4.74 Å². The Morgan fingerprint density at radius 3 is 2.56 bits per heavy atom. The summed E-state index contributed by atoms with van der Waals surface area (Å²) < 4.78 is 9.30. The molecule has 1 fully saturated rings. The quantitative estimate of drug-likeness (QED) is 0.499. The van der Waals surface area contributed by atoms with Crippen LogP contribution in [-0.2, 0) is 7.05 Å². The van der Waals surface area contributed by atoms with E-state index in [0.717, 1.165) is 34.9 Å². The number of benzene rings is 1. The average molecular weight is 430 g/mol. The number of hydrogen-bond acceptors (Lipinski definition) is 4. The number of aromatic nitrogens is 3. The van der Waals surface area contributed by atoms with Gasteiger partial charge in [0.2, 0.25) is 0 Å².